The Morgan fingerprint density at radius 1 is 1.00 bits per heavy atom. The number of imide groups is 1. The van der Waals surface area contributed by atoms with Crippen LogP contribution < -0.4 is 0 Å². The number of carbonyl (C=O) groups excluding carboxylic acids is 2. The predicted octanol–water partition coefficient (Wildman–Crippen LogP) is 3.79. The van der Waals surface area contributed by atoms with Gasteiger partial charge in [-0.1, -0.05) is 44.2 Å². The molecule has 2 bridgehead atoms. The molecule has 2 aromatic carbocycles. The zero-order valence-electron chi connectivity index (χ0n) is 16.6. The Morgan fingerprint density at radius 2 is 1.62 bits per heavy atom. The van der Waals surface area contributed by atoms with Crippen molar-refractivity contribution < 1.29 is 14.7 Å². The first-order chi connectivity index (χ1) is 14.0. The molecule has 6 atom stereocenters. The summed E-state index contributed by atoms with van der Waals surface area (Å²) in [6.45, 7) is 4.51. The van der Waals surface area contributed by atoms with Crippen LogP contribution in [0.25, 0.3) is 10.8 Å². The Bertz CT molecular complexity index is 1070. The maximum Gasteiger partial charge on any atom is 0.254 e. The molecular weight excluding hydrogens is 364 g/mol. The zero-order chi connectivity index (χ0) is 20.1. The molecule has 2 aromatic rings. The molecule has 6 rings (SSSR count). The maximum atomic E-state index is 13.3. The van der Waals surface area contributed by atoms with E-state index in [9.17, 15) is 14.7 Å². The van der Waals surface area contributed by atoms with Gasteiger partial charge in [-0.05, 0) is 58.8 Å². The Labute approximate surface area is 169 Å². The lowest BCUT2D eigenvalue weighted by atomic mass is 9.70. The van der Waals surface area contributed by atoms with Crippen LogP contribution in [-0.4, -0.2) is 28.1 Å². The van der Waals surface area contributed by atoms with Gasteiger partial charge in [-0.25, -0.2) is 0 Å². The third kappa shape index (κ3) is 1.98. The van der Waals surface area contributed by atoms with E-state index in [4.69, 9.17) is 0 Å². The molecule has 1 aliphatic heterocycles. The topological polar surface area (TPSA) is 70.0 Å². The van der Waals surface area contributed by atoms with Gasteiger partial charge in [0.25, 0.3) is 11.8 Å². The smallest absolute Gasteiger partial charge is 0.254 e. The summed E-state index contributed by atoms with van der Waals surface area (Å²) in [5.74, 6) is 0.968. The highest BCUT2D eigenvalue weighted by Gasteiger charge is 2.78. The number of nitrogens with zero attached hydrogens (tertiary/aromatic N) is 2. The van der Waals surface area contributed by atoms with E-state index in [1.807, 2.05) is 30.3 Å². The average Bonchev–Trinajstić information content (AvgIpc) is 3.34. The van der Waals surface area contributed by atoms with Gasteiger partial charge in [0.1, 0.15) is 5.75 Å². The second-order valence-electron chi connectivity index (χ2n) is 9.51. The average molecular weight is 388 g/mol. The number of phenolic OH excluding ortho intramolecular Hbond substituents is 1. The van der Waals surface area contributed by atoms with Crippen molar-refractivity contribution in [3.05, 3.63) is 42.0 Å². The molecule has 1 saturated heterocycles. The summed E-state index contributed by atoms with van der Waals surface area (Å²) in [7, 11) is 0. The minimum atomic E-state index is -0.209. The summed E-state index contributed by atoms with van der Waals surface area (Å²) < 4.78 is 0. The van der Waals surface area contributed by atoms with Crippen molar-refractivity contribution in [2.45, 2.75) is 26.7 Å². The molecule has 1 N–H and O–H groups in total. The second-order valence-corrected chi connectivity index (χ2v) is 9.51. The number of rotatable bonds is 2. The third-order valence-electron chi connectivity index (χ3n) is 8.52. The monoisotopic (exact) mass is 388 g/mol. The van der Waals surface area contributed by atoms with E-state index in [0.29, 0.717) is 29.2 Å². The molecule has 29 heavy (non-hydrogen) atoms. The minimum absolute atomic E-state index is 0.0889. The van der Waals surface area contributed by atoms with Gasteiger partial charge < -0.3 is 5.11 Å². The van der Waals surface area contributed by atoms with Crippen LogP contribution in [0.1, 0.15) is 32.3 Å². The van der Waals surface area contributed by atoms with Gasteiger partial charge in [-0.15, -0.1) is 0 Å². The SMILES string of the molecule is CC1C(C)[C@@H]2C3C(=O)N(/N=C/c4c(O)ccc5ccccc45)C(=O)C3C1C21CC1. The normalized spacial score (nSPS) is 36.7. The first kappa shape index (κ1) is 17.2. The highest BCUT2D eigenvalue weighted by Crippen LogP contribution is 2.78. The van der Waals surface area contributed by atoms with Crippen LogP contribution >= 0.6 is 0 Å². The predicted molar refractivity (Wildman–Crippen MR) is 109 cm³/mol. The number of hydrogen-bond acceptors (Lipinski definition) is 4. The maximum absolute atomic E-state index is 13.3. The van der Waals surface area contributed by atoms with Crippen LogP contribution in [0.2, 0.25) is 0 Å². The molecule has 4 aliphatic rings. The summed E-state index contributed by atoms with van der Waals surface area (Å²) in [4.78, 5) is 26.5. The van der Waals surface area contributed by atoms with Crippen molar-refractivity contribution in [2.75, 3.05) is 0 Å². The number of aromatic hydroxyl groups is 1. The van der Waals surface area contributed by atoms with Crippen molar-refractivity contribution in [2.24, 2.45) is 46.0 Å². The summed E-state index contributed by atoms with van der Waals surface area (Å²) in [6, 6.07) is 11.1. The van der Waals surface area contributed by atoms with Crippen molar-refractivity contribution in [1.82, 2.24) is 5.01 Å². The summed E-state index contributed by atoms with van der Waals surface area (Å²) >= 11 is 0. The molecule has 3 aliphatic carbocycles. The summed E-state index contributed by atoms with van der Waals surface area (Å²) in [5, 5.41) is 17.6. The van der Waals surface area contributed by atoms with Crippen molar-refractivity contribution in [3.63, 3.8) is 0 Å². The molecule has 0 radical (unpaired) electrons. The molecule has 5 nitrogen and oxygen atoms in total. The van der Waals surface area contributed by atoms with Gasteiger partial charge >= 0.3 is 0 Å². The van der Waals surface area contributed by atoms with Gasteiger partial charge in [0.05, 0.1) is 18.1 Å². The van der Waals surface area contributed by atoms with E-state index < -0.39 is 0 Å². The van der Waals surface area contributed by atoms with E-state index in [0.717, 1.165) is 28.6 Å². The fourth-order valence-electron chi connectivity index (χ4n) is 7.20. The molecule has 1 spiro atoms. The third-order valence-corrected chi connectivity index (χ3v) is 8.52. The lowest BCUT2D eigenvalue weighted by Gasteiger charge is -2.31. The first-order valence-corrected chi connectivity index (χ1v) is 10.6. The molecule has 3 saturated carbocycles. The molecule has 148 valence electrons. The van der Waals surface area contributed by atoms with Gasteiger partial charge in [-0.2, -0.15) is 10.1 Å². The number of benzene rings is 2. The molecule has 5 heteroatoms. The van der Waals surface area contributed by atoms with E-state index in [1.165, 1.54) is 6.21 Å². The molecule has 0 aromatic heterocycles. The second kappa shape index (κ2) is 5.47. The number of fused-ring (bicyclic) bond motifs is 4. The molecule has 1 heterocycles. The summed E-state index contributed by atoms with van der Waals surface area (Å²) in [5.41, 5.74) is 0.771. The van der Waals surface area contributed by atoms with Crippen LogP contribution in [0, 0.1) is 40.9 Å². The number of hydrazone groups is 1. The van der Waals surface area contributed by atoms with Gasteiger partial charge in [0.15, 0.2) is 0 Å². The summed E-state index contributed by atoms with van der Waals surface area (Å²) in [6.07, 6.45) is 3.80. The number of phenols is 1. The van der Waals surface area contributed by atoms with Crippen LogP contribution in [-0.2, 0) is 9.59 Å². The van der Waals surface area contributed by atoms with Crippen molar-refractivity contribution in [3.8, 4) is 5.75 Å². The molecule has 5 unspecified atom stereocenters. The molecule has 4 fully saturated rings. The molecular formula is C24H24N2O3. The fourth-order valence-corrected chi connectivity index (χ4v) is 7.20. The van der Waals surface area contributed by atoms with Crippen LogP contribution in [0.15, 0.2) is 41.5 Å². The lowest BCUT2D eigenvalue weighted by Crippen LogP contribution is -2.34. The van der Waals surface area contributed by atoms with Crippen LogP contribution in [0.3, 0.4) is 0 Å². The van der Waals surface area contributed by atoms with Gasteiger partial charge in [0.2, 0.25) is 0 Å². The standard InChI is InChI=1S/C24H24N2O3/c1-12-13(2)21-19-18(20(12)24(21)9-10-24)22(28)26(23(19)29)25-11-16-15-6-4-3-5-14(15)7-8-17(16)27/h3-8,11-13,18-21,27H,9-10H2,1-2H3/b25-11+/t12?,13?,18?,19?,20-,21?/m1/s1. The quantitative estimate of drug-likeness (QED) is 0.629. The Kier molecular flexibility index (Phi) is 3.24. The highest BCUT2D eigenvalue weighted by atomic mass is 16.3. The van der Waals surface area contributed by atoms with Crippen molar-refractivity contribution >= 4 is 28.8 Å². The Morgan fingerprint density at radius 3 is 2.24 bits per heavy atom. The zero-order valence-corrected chi connectivity index (χ0v) is 16.6. The largest absolute Gasteiger partial charge is 0.507 e. The van der Waals surface area contributed by atoms with Crippen LogP contribution in [0.5, 0.6) is 5.75 Å². The van der Waals surface area contributed by atoms with E-state index in [1.54, 1.807) is 6.07 Å². The van der Waals surface area contributed by atoms with Gasteiger partial charge in [-0.3, -0.25) is 9.59 Å². The number of carbonyl (C=O) groups is 2. The Hall–Kier alpha value is -2.69. The molecule has 2 amide bonds. The number of amides is 2. The highest BCUT2D eigenvalue weighted by molar-refractivity contribution is 6.08. The fraction of sp³-hybridized carbons (Fsp3) is 0.458. The Balaban J connectivity index is 1.37. The number of hydrogen-bond donors (Lipinski definition) is 1. The van der Waals surface area contributed by atoms with E-state index in [2.05, 4.69) is 18.9 Å². The van der Waals surface area contributed by atoms with Gasteiger partial charge in [0, 0.05) is 5.56 Å². The van der Waals surface area contributed by atoms with Crippen LogP contribution in [0.4, 0.5) is 0 Å². The lowest BCUT2D eigenvalue weighted by molar-refractivity contribution is -0.141. The van der Waals surface area contributed by atoms with E-state index >= 15 is 0 Å². The first-order valence-electron chi connectivity index (χ1n) is 10.6. The van der Waals surface area contributed by atoms with E-state index in [-0.39, 0.29) is 34.8 Å². The minimum Gasteiger partial charge on any atom is -0.507 e. The van der Waals surface area contributed by atoms with Crippen molar-refractivity contribution in [1.29, 1.82) is 0 Å².